The lowest BCUT2D eigenvalue weighted by Gasteiger charge is -2.26. The summed E-state index contributed by atoms with van der Waals surface area (Å²) in [5.74, 6) is 0.0284. The second-order valence-corrected chi connectivity index (χ2v) is 5.47. The van der Waals surface area contributed by atoms with Crippen LogP contribution in [-0.2, 0) is 6.54 Å². The third-order valence-electron chi connectivity index (χ3n) is 2.88. The topological polar surface area (TPSA) is 46.1 Å². The van der Waals surface area contributed by atoms with E-state index in [1.165, 1.54) is 11.3 Å². The summed E-state index contributed by atoms with van der Waals surface area (Å²) in [5.41, 5.74) is 3.40. The number of rotatable bonds is 4. The third-order valence-corrected chi connectivity index (χ3v) is 3.80. The number of hydrogen-bond acceptors (Lipinski definition) is 4. The summed E-state index contributed by atoms with van der Waals surface area (Å²) in [6.07, 6.45) is 1.75. The SMILES string of the molecule is Cc1ncsc1C(=O)N(Cc1ccccn1)C(C)C. The standard InChI is InChI=1S/C14H17N3OS/c1-10(2)17(8-12-6-4-5-7-15-12)14(18)13-11(3)16-9-19-13/h4-7,9-10H,8H2,1-3H3. The van der Waals surface area contributed by atoms with E-state index in [1.807, 2.05) is 43.9 Å². The normalized spacial score (nSPS) is 10.7. The number of aryl methyl sites for hydroxylation is 1. The minimum absolute atomic E-state index is 0.0284. The lowest BCUT2D eigenvalue weighted by atomic mass is 10.2. The molecule has 100 valence electrons. The van der Waals surface area contributed by atoms with Gasteiger partial charge in [-0.3, -0.25) is 9.78 Å². The molecule has 0 unspecified atom stereocenters. The Bertz CT molecular complexity index is 551. The van der Waals surface area contributed by atoms with Crippen molar-refractivity contribution in [3.63, 3.8) is 0 Å². The third kappa shape index (κ3) is 3.17. The molecule has 4 nitrogen and oxygen atoms in total. The van der Waals surface area contributed by atoms with Gasteiger partial charge in [0.15, 0.2) is 0 Å². The molecule has 2 aromatic heterocycles. The molecular weight excluding hydrogens is 258 g/mol. The van der Waals surface area contributed by atoms with Gasteiger partial charge in [-0.1, -0.05) is 6.07 Å². The first kappa shape index (κ1) is 13.7. The van der Waals surface area contributed by atoms with Crippen LogP contribution >= 0.6 is 11.3 Å². The molecule has 0 aliphatic rings. The van der Waals surface area contributed by atoms with Gasteiger partial charge in [-0.25, -0.2) is 4.98 Å². The Morgan fingerprint density at radius 1 is 1.37 bits per heavy atom. The lowest BCUT2D eigenvalue weighted by molar-refractivity contribution is 0.0692. The van der Waals surface area contributed by atoms with Gasteiger partial charge in [0.2, 0.25) is 0 Å². The number of carbonyl (C=O) groups excluding carboxylic acids is 1. The highest BCUT2D eigenvalue weighted by molar-refractivity contribution is 7.11. The molecule has 0 aliphatic heterocycles. The summed E-state index contributed by atoms with van der Waals surface area (Å²) in [7, 11) is 0. The van der Waals surface area contributed by atoms with Crippen molar-refractivity contribution in [1.29, 1.82) is 0 Å². The van der Waals surface area contributed by atoms with Crippen molar-refractivity contribution >= 4 is 17.2 Å². The van der Waals surface area contributed by atoms with E-state index in [1.54, 1.807) is 11.7 Å². The summed E-state index contributed by atoms with van der Waals surface area (Å²) in [6, 6.07) is 5.86. The van der Waals surface area contributed by atoms with Gasteiger partial charge in [-0.05, 0) is 32.9 Å². The Balaban J connectivity index is 2.22. The minimum Gasteiger partial charge on any atom is -0.330 e. The number of thiazole rings is 1. The van der Waals surface area contributed by atoms with Crippen molar-refractivity contribution in [3.05, 3.63) is 46.2 Å². The molecule has 0 bridgehead atoms. The monoisotopic (exact) mass is 275 g/mol. The lowest BCUT2D eigenvalue weighted by Crippen LogP contribution is -2.36. The molecule has 1 amide bonds. The first-order chi connectivity index (χ1) is 9.09. The molecule has 0 saturated heterocycles. The molecule has 2 aromatic rings. The number of carbonyl (C=O) groups is 1. The van der Waals surface area contributed by atoms with Crippen molar-refractivity contribution in [2.75, 3.05) is 0 Å². The van der Waals surface area contributed by atoms with Crippen molar-refractivity contribution in [2.24, 2.45) is 0 Å². The Kier molecular flexibility index (Phi) is 4.27. The molecule has 0 N–H and O–H groups in total. The number of nitrogens with zero attached hydrogens (tertiary/aromatic N) is 3. The van der Waals surface area contributed by atoms with Crippen molar-refractivity contribution in [2.45, 2.75) is 33.4 Å². The summed E-state index contributed by atoms with van der Waals surface area (Å²) in [5, 5.41) is 0. The van der Waals surface area contributed by atoms with Crippen molar-refractivity contribution < 1.29 is 4.79 Å². The van der Waals surface area contributed by atoms with Crippen LogP contribution in [0.2, 0.25) is 0 Å². The van der Waals surface area contributed by atoms with Crippen LogP contribution < -0.4 is 0 Å². The number of pyridine rings is 1. The zero-order valence-corrected chi connectivity index (χ0v) is 12.1. The van der Waals surface area contributed by atoms with Crippen molar-refractivity contribution in [3.8, 4) is 0 Å². The van der Waals surface area contributed by atoms with Crippen LogP contribution in [0.4, 0.5) is 0 Å². The van der Waals surface area contributed by atoms with Gasteiger partial charge in [0.1, 0.15) is 4.88 Å². The highest BCUT2D eigenvalue weighted by Gasteiger charge is 2.22. The Morgan fingerprint density at radius 3 is 2.68 bits per heavy atom. The van der Waals surface area contributed by atoms with Gasteiger partial charge in [0, 0.05) is 12.2 Å². The minimum atomic E-state index is 0.0284. The number of amides is 1. The molecule has 0 aliphatic carbocycles. The van der Waals surface area contributed by atoms with Gasteiger partial charge in [0.05, 0.1) is 23.4 Å². The second kappa shape index (κ2) is 5.93. The van der Waals surface area contributed by atoms with Crippen LogP contribution in [0.25, 0.3) is 0 Å². The molecule has 0 radical (unpaired) electrons. The maximum absolute atomic E-state index is 12.5. The van der Waals surface area contributed by atoms with Crippen LogP contribution in [0.1, 0.15) is 34.9 Å². The van der Waals surface area contributed by atoms with Gasteiger partial charge in [-0.2, -0.15) is 0 Å². The fourth-order valence-corrected chi connectivity index (χ4v) is 2.55. The highest BCUT2D eigenvalue weighted by Crippen LogP contribution is 2.18. The quantitative estimate of drug-likeness (QED) is 0.862. The molecule has 0 saturated carbocycles. The maximum Gasteiger partial charge on any atom is 0.266 e. The van der Waals surface area contributed by atoms with E-state index in [-0.39, 0.29) is 11.9 Å². The van der Waals surface area contributed by atoms with Gasteiger partial charge in [-0.15, -0.1) is 11.3 Å². The van der Waals surface area contributed by atoms with E-state index in [9.17, 15) is 4.79 Å². The van der Waals surface area contributed by atoms with Crippen LogP contribution in [-0.4, -0.2) is 26.8 Å². The van der Waals surface area contributed by atoms with Gasteiger partial charge >= 0.3 is 0 Å². The van der Waals surface area contributed by atoms with E-state index in [2.05, 4.69) is 9.97 Å². The first-order valence-electron chi connectivity index (χ1n) is 6.20. The smallest absolute Gasteiger partial charge is 0.266 e. The summed E-state index contributed by atoms with van der Waals surface area (Å²) in [4.78, 5) is 23.5. The molecular formula is C14H17N3OS. The van der Waals surface area contributed by atoms with E-state index < -0.39 is 0 Å². The molecule has 0 spiro atoms. The summed E-state index contributed by atoms with van der Waals surface area (Å²) in [6.45, 7) is 6.41. The van der Waals surface area contributed by atoms with Crippen LogP contribution in [0.3, 0.4) is 0 Å². The largest absolute Gasteiger partial charge is 0.330 e. The second-order valence-electron chi connectivity index (χ2n) is 4.61. The van der Waals surface area contributed by atoms with Crippen LogP contribution in [0.5, 0.6) is 0 Å². The highest BCUT2D eigenvalue weighted by atomic mass is 32.1. The molecule has 0 aromatic carbocycles. The number of aromatic nitrogens is 2. The average Bonchev–Trinajstić information content (AvgIpc) is 2.82. The Hall–Kier alpha value is -1.75. The summed E-state index contributed by atoms with van der Waals surface area (Å²) < 4.78 is 0. The molecule has 5 heteroatoms. The number of hydrogen-bond donors (Lipinski definition) is 0. The van der Waals surface area contributed by atoms with Crippen LogP contribution in [0.15, 0.2) is 29.9 Å². The molecule has 0 fully saturated rings. The first-order valence-corrected chi connectivity index (χ1v) is 7.08. The maximum atomic E-state index is 12.5. The van der Waals surface area contributed by atoms with E-state index in [0.29, 0.717) is 11.4 Å². The molecule has 19 heavy (non-hydrogen) atoms. The molecule has 0 atom stereocenters. The fraction of sp³-hybridized carbons (Fsp3) is 0.357. The van der Waals surface area contributed by atoms with E-state index in [0.717, 1.165) is 11.4 Å². The van der Waals surface area contributed by atoms with Gasteiger partial charge in [0.25, 0.3) is 5.91 Å². The summed E-state index contributed by atoms with van der Waals surface area (Å²) >= 11 is 1.39. The van der Waals surface area contributed by atoms with Crippen molar-refractivity contribution in [1.82, 2.24) is 14.9 Å². The predicted octanol–water partition coefficient (Wildman–Crippen LogP) is 2.90. The fourth-order valence-electron chi connectivity index (χ4n) is 1.79. The average molecular weight is 275 g/mol. The molecule has 2 heterocycles. The van der Waals surface area contributed by atoms with E-state index in [4.69, 9.17) is 0 Å². The molecule has 2 rings (SSSR count). The van der Waals surface area contributed by atoms with Gasteiger partial charge < -0.3 is 4.90 Å². The zero-order chi connectivity index (χ0) is 13.8. The predicted molar refractivity (Wildman–Crippen MR) is 76.1 cm³/mol. The van der Waals surface area contributed by atoms with E-state index >= 15 is 0 Å². The van der Waals surface area contributed by atoms with Crippen LogP contribution in [0, 0.1) is 6.92 Å². The zero-order valence-electron chi connectivity index (χ0n) is 11.3. The Morgan fingerprint density at radius 2 is 2.16 bits per heavy atom. The Labute approximate surface area is 117 Å².